The van der Waals surface area contributed by atoms with Crippen molar-refractivity contribution >= 4 is 39.2 Å². The molecule has 2 aromatic rings. The minimum atomic E-state index is -5.05. The number of aliphatic hydroxyl groups excluding tert-OH is 4. The number of esters is 1. The number of phenolic OH excluding ortho intramolecular Hbond substituents is 2. The highest BCUT2D eigenvalue weighted by atomic mass is 32.3. The number of ether oxygens (including phenoxy) is 3. The third kappa shape index (κ3) is 9.57. The molecule has 2 aromatic carbocycles. The first-order valence-electron chi connectivity index (χ1n) is 12.1. The van der Waals surface area contributed by atoms with Crippen molar-refractivity contribution in [2.45, 2.75) is 42.4 Å². The fraction of sp³-hybridized carbons (Fsp3) is 0.360. The Balaban J connectivity index is 1.68. The first-order valence-corrected chi connectivity index (χ1v) is 14.3. The van der Waals surface area contributed by atoms with E-state index in [-0.39, 0.29) is 27.9 Å². The lowest BCUT2D eigenvalue weighted by atomic mass is 10.0. The summed E-state index contributed by atoms with van der Waals surface area (Å²) in [6.45, 7) is -0.580. The highest BCUT2D eigenvalue weighted by molar-refractivity contribution is 8.14. The Morgan fingerprint density at radius 1 is 1.10 bits per heavy atom. The summed E-state index contributed by atoms with van der Waals surface area (Å²) in [5.41, 5.74) is -0.709. The molecule has 1 aliphatic heterocycles. The number of nitrogens with zero attached hydrogens (tertiary/aromatic N) is 1. The Hall–Kier alpha value is -3.42. The summed E-state index contributed by atoms with van der Waals surface area (Å²) in [7, 11) is -3.67. The molecule has 1 aliphatic rings. The Bertz CT molecular complexity index is 1380. The third-order valence-electron chi connectivity index (χ3n) is 5.80. The number of aromatic hydroxyl groups is 2. The first kappa shape index (κ1) is 33.1. The number of rotatable bonds is 11. The van der Waals surface area contributed by atoms with Gasteiger partial charge >= 0.3 is 16.4 Å². The third-order valence-corrected chi connectivity index (χ3v) is 7.20. The summed E-state index contributed by atoms with van der Waals surface area (Å²) in [5, 5.41) is 64.0. The van der Waals surface area contributed by atoms with Gasteiger partial charge in [0.15, 0.2) is 11.5 Å². The second-order valence-corrected chi connectivity index (χ2v) is 11.0. The van der Waals surface area contributed by atoms with E-state index in [0.29, 0.717) is 17.3 Å². The molecule has 1 heterocycles. The van der Waals surface area contributed by atoms with Crippen molar-refractivity contribution < 1.29 is 66.9 Å². The van der Waals surface area contributed by atoms with Crippen LogP contribution in [0.2, 0.25) is 0 Å². The highest BCUT2D eigenvalue weighted by Gasteiger charge is 2.45. The molecule has 42 heavy (non-hydrogen) atoms. The van der Waals surface area contributed by atoms with Crippen LogP contribution in [0.4, 0.5) is 0 Å². The number of oxime groups is 1. The lowest BCUT2D eigenvalue weighted by Crippen LogP contribution is -2.58. The Morgan fingerprint density at radius 3 is 2.40 bits per heavy atom. The van der Waals surface area contributed by atoms with Crippen molar-refractivity contribution in [1.29, 1.82) is 0 Å². The summed E-state index contributed by atoms with van der Waals surface area (Å²) < 4.78 is 50.7. The molecule has 3 rings (SSSR count). The van der Waals surface area contributed by atoms with Crippen molar-refractivity contribution in [1.82, 2.24) is 0 Å². The predicted octanol–water partition coefficient (Wildman–Crippen LogP) is 0.460. The molecule has 0 saturated carbocycles. The molecule has 0 bridgehead atoms. The maximum Gasteiger partial charge on any atom is 0.466 e. The van der Waals surface area contributed by atoms with Gasteiger partial charge in [-0.3, -0.25) is 4.55 Å². The number of benzene rings is 2. The number of carbonyl (C=O) groups excluding carboxylic acids is 1. The SMILES string of the molecule is COc1ccc(/C=C/C(=O)OC[C@H]2O[C@@H](S/C(C[C@@H](O)c3ccc(O)cc3)=N\OS(=O)(=O)O)[C@H](O)[C@@H](O)[C@@H]2O)cc1O. The molecule has 0 aromatic heterocycles. The molecule has 0 aliphatic carbocycles. The molecule has 0 spiro atoms. The fourth-order valence-corrected chi connectivity index (χ4v) is 4.98. The van der Waals surface area contributed by atoms with Crippen LogP contribution in [0.15, 0.2) is 53.7 Å². The van der Waals surface area contributed by atoms with Crippen molar-refractivity contribution in [2.24, 2.45) is 5.16 Å². The summed E-state index contributed by atoms with van der Waals surface area (Å²) in [6.07, 6.45) is -6.01. The zero-order valence-corrected chi connectivity index (χ0v) is 23.5. The van der Waals surface area contributed by atoms with Crippen LogP contribution in [0.5, 0.6) is 17.2 Å². The van der Waals surface area contributed by atoms with Crippen LogP contribution in [0.1, 0.15) is 23.7 Å². The molecule has 0 unspecified atom stereocenters. The van der Waals surface area contributed by atoms with Crippen LogP contribution in [0.25, 0.3) is 6.08 Å². The second-order valence-electron chi connectivity index (χ2n) is 8.83. The Kier molecular flexibility index (Phi) is 11.5. The van der Waals surface area contributed by atoms with Crippen LogP contribution in [0.3, 0.4) is 0 Å². The van der Waals surface area contributed by atoms with E-state index in [9.17, 15) is 43.9 Å². The van der Waals surface area contributed by atoms with Gasteiger partial charge in [-0.25, -0.2) is 9.08 Å². The monoisotopic (exact) mass is 631 g/mol. The summed E-state index contributed by atoms with van der Waals surface area (Å²) in [6, 6.07) is 9.76. The number of carbonyl (C=O) groups is 1. The molecule has 0 amide bonds. The molecule has 6 atom stereocenters. The molecular formula is C25H29NO14S2. The van der Waals surface area contributed by atoms with E-state index in [4.69, 9.17) is 18.8 Å². The summed E-state index contributed by atoms with van der Waals surface area (Å²) in [4.78, 5) is 12.2. The van der Waals surface area contributed by atoms with Crippen LogP contribution < -0.4 is 4.74 Å². The van der Waals surface area contributed by atoms with Gasteiger partial charge in [0, 0.05) is 12.5 Å². The van der Waals surface area contributed by atoms with Crippen LogP contribution >= 0.6 is 11.8 Å². The van der Waals surface area contributed by atoms with E-state index < -0.39 is 65.4 Å². The Morgan fingerprint density at radius 2 is 1.79 bits per heavy atom. The summed E-state index contributed by atoms with van der Waals surface area (Å²) >= 11 is 0.505. The molecule has 1 saturated heterocycles. The van der Waals surface area contributed by atoms with E-state index in [1.807, 2.05) is 0 Å². The number of aliphatic hydroxyl groups is 4. The fourth-order valence-electron chi connectivity index (χ4n) is 3.65. The highest BCUT2D eigenvalue weighted by Crippen LogP contribution is 2.33. The zero-order valence-electron chi connectivity index (χ0n) is 21.8. The van der Waals surface area contributed by atoms with E-state index in [1.54, 1.807) is 6.07 Å². The largest absolute Gasteiger partial charge is 0.508 e. The van der Waals surface area contributed by atoms with Crippen molar-refractivity contribution in [2.75, 3.05) is 13.7 Å². The average molecular weight is 632 g/mol. The molecule has 1 fully saturated rings. The van der Waals surface area contributed by atoms with Gasteiger partial charge in [0.2, 0.25) is 0 Å². The van der Waals surface area contributed by atoms with Crippen LogP contribution in [-0.2, 0) is 29.0 Å². The van der Waals surface area contributed by atoms with Crippen LogP contribution in [0, 0.1) is 0 Å². The van der Waals surface area contributed by atoms with E-state index in [1.165, 1.54) is 49.6 Å². The van der Waals surface area contributed by atoms with Gasteiger partial charge in [-0.05, 0) is 41.5 Å². The molecule has 15 nitrogen and oxygen atoms in total. The number of hydrogen-bond donors (Lipinski definition) is 7. The van der Waals surface area contributed by atoms with Crippen LogP contribution in [-0.4, -0.2) is 98.2 Å². The van der Waals surface area contributed by atoms with E-state index in [0.717, 1.165) is 6.08 Å². The van der Waals surface area contributed by atoms with Gasteiger partial charge in [0.25, 0.3) is 0 Å². The van der Waals surface area contributed by atoms with Crippen molar-refractivity contribution in [3.05, 3.63) is 59.7 Å². The minimum Gasteiger partial charge on any atom is -0.508 e. The average Bonchev–Trinajstić information content (AvgIpc) is 2.94. The maximum atomic E-state index is 12.2. The van der Waals surface area contributed by atoms with Crippen molar-refractivity contribution in [3.8, 4) is 17.2 Å². The molecule has 230 valence electrons. The molecular weight excluding hydrogens is 602 g/mol. The second kappa shape index (κ2) is 14.7. The lowest BCUT2D eigenvalue weighted by Gasteiger charge is -2.40. The minimum absolute atomic E-state index is 0.0718. The number of phenols is 2. The lowest BCUT2D eigenvalue weighted by molar-refractivity contribution is -0.209. The molecule has 7 N–H and O–H groups in total. The van der Waals surface area contributed by atoms with Crippen molar-refractivity contribution in [3.63, 3.8) is 0 Å². The predicted molar refractivity (Wildman–Crippen MR) is 147 cm³/mol. The number of hydrogen-bond acceptors (Lipinski definition) is 15. The molecule has 17 heteroatoms. The summed E-state index contributed by atoms with van der Waals surface area (Å²) in [5.74, 6) is -0.855. The standard InChI is InChI=1S/C25H29NO14S2/c1-37-18-8-2-13(10-17(18)29)3-9-21(30)38-12-19-22(31)23(32)24(33)25(39-19)41-20(26-40-42(34,35)36)11-16(28)14-4-6-15(27)7-5-14/h2-10,16,19,22-25,27-29,31-33H,11-12H2,1H3,(H,34,35,36)/b9-3+,26-20-/t16-,19-,22-,23+,24-,25+/m1/s1. The van der Waals surface area contributed by atoms with Gasteiger partial charge in [-0.15, -0.1) is 0 Å². The number of methoxy groups -OCH3 is 1. The van der Waals surface area contributed by atoms with E-state index in [2.05, 4.69) is 9.44 Å². The topological polar surface area (TPSA) is 242 Å². The maximum absolute atomic E-state index is 12.2. The Labute approximate surface area is 244 Å². The normalized spacial score (nSPS) is 23.9. The van der Waals surface area contributed by atoms with Gasteiger partial charge in [-0.1, -0.05) is 35.1 Å². The van der Waals surface area contributed by atoms with Gasteiger partial charge in [0.1, 0.15) is 47.3 Å². The smallest absolute Gasteiger partial charge is 0.466 e. The zero-order chi connectivity index (χ0) is 31.0. The van der Waals surface area contributed by atoms with Gasteiger partial charge in [-0.2, -0.15) is 8.42 Å². The van der Waals surface area contributed by atoms with E-state index >= 15 is 0 Å². The quantitative estimate of drug-likeness (QED) is 0.0445. The van der Waals surface area contributed by atoms with Gasteiger partial charge in [0.05, 0.1) is 13.2 Å². The number of thioether (sulfide) groups is 1. The molecule has 0 radical (unpaired) electrons. The first-order chi connectivity index (χ1) is 19.8. The van der Waals surface area contributed by atoms with Gasteiger partial charge < -0.3 is 44.8 Å².